The fourth-order valence-electron chi connectivity index (χ4n) is 2.08. The van der Waals surface area contributed by atoms with Crippen molar-refractivity contribution in [3.8, 4) is 5.75 Å². The van der Waals surface area contributed by atoms with Gasteiger partial charge < -0.3 is 20.2 Å². The highest BCUT2D eigenvalue weighted by Crippen LogP contribution is 2.19. The van der Waals surface area contributed by atoms with Crippen molar-refractivity contribution in [1.29, 1.82) is 0 Å². The van der Waals surface area contributed by atoms with Crippen molar-refractivity contribution in [3.63, 3.8) is 0 Å². The highest BCUT2D eigenvalue weighted by molar-refractivity contribution is 5.94. The van der Waals surface area contributed by atoms with Gasteiger partial charge in [0, 0.05) is 0 Å². The van der Waals surface area contributed by atoms with Crippen molar-refractivity contribution in [1.82, 2.24) is 5.32 Å². The molecule has 2 rings (SSSR count). The standard InChI is InChI=1S/C17H22N2O3.ClH/c1-11(2)22-15-6-4-13(5-7-15)12(3)19-17(20)14-8-16(9-18)21-10-14;/h4-8,10-12H,9,18H2,1-3H3,(H,19,20);1H. The second-order valence-electron chi connectivity index (χ2n) is 5.44. The van der Waals surface area contributed by atoms with E-state index in [1.807, 2.05) is 45.0 Å². The number of ether oxygens (including phenoxy) is 1. The lowest BCUT2D eigenvalue weighted by molar-refractivity contribution is 0.0939. The predicted molar refractivity (Wildman–Crippen MR) is 91.9 cm³/mol. The second kappa shape index (κ2) is 8.60. The van der Waals surface area contributed by atoms with Crippen LogP contribution in [0.5, 0.6) is 5.75 Å². The highest BCUT2D eigenvalue weighted by Gasteiger charge is 2.14. The Kier molecular flexibility index (Phi) is 7.13. The van der Waals surface area contributed by atoms with Crippen LogP contribution >= 0.6 is 12.4 Å². The zero-order valence-corrected chi connectivity index (χ0v) is 14.4. The number of carbonyl (C=O) groups excluding carboxylic acids is 1. The lowest BCUT2D eigenvalue weighted by Crippen LogP contribution is -2.26. The van der Waals surface area contributed by atoms with Gasteiger partial charge in [-0.2, -0.15) is 0 Å². The number of rotatable bonds is 6. The number of amides is 1. The van der Waals surface area contributed by atoms with E-state index in [1.165, 1.54) is 6.26 Å². The lowest BCUT2D eigenvalue weighted by atomic mass is 10.1. The van der Waals surface area contributed by atoms with Crippen molar-refractivity contribution in [2.45, 2.75) is 39.5 Å². The minimum atomic E-state index is -0.182. The number of furan rings is 1. The molecule has 0 saturated carbocycles. The molecule has 0 bridgehead atoms. The Morgan fingerprint density at radius 1 is 1.26 bits per heavy atom. The summed E-state index contributed by atoms with van der Waals surface area (Å²) < 4.78 is 10.8. The fourth-order valence-corrected chi connectivity index (χ4v) is 2.08. The van der Waals surface area contributed by atoms with Crippen molar-refractivity contribution in [2.75, 3.05) is 0 Å². The third kappa shape index (κ3) is 5.30. The summed E-state index contributed by atoms with van der Waals surface area (Å²) in [7, 11) is 0. The van der Waals surface area contributed by atoms with Crippen LogP contribution in [0.1, 0.15) is 48.5 Å². The molecule has 23 heavy (non-hydrogen) atoms. The third-order valence-electron chi connectivity index (χ3n) is 3.22. The zero-order valence-electron chi connectivity index (χ0n) is 13.5. The van der Waals surface area contributed by atoms with E-state index in [-0.39, 0.29) is 37.0 Å². The summed E-state index contributed by atoms with van der Waals surface area (Å²) in [5, 5.41) is 2.93. The van der Waals surface area contributed by atoms with Gasteiger partial charge in [-0.1, -0.05) is 12.1 Å². The van der Waals surface area contributed by atoms with Gasteiger partial charge in [0.2, 0.25) is 0 Å². The van der Waals surface area contributed by atoms with Gasteiger partial charge in [-0.25, -0.2) is 0 Å². The average Bonchev–Trinajstić information content (AvgIpc) is 2.96. The molecule has 0 fully saturated rings. The SMILES string of the molecule is CC(C)Oc1ccc(C(C)NC(=O)c2coc(CN)c2)cc1.Cl. The number of nitrogens with one attached hydrogen (secondary N) is 1. The van der Waals surface area contributed by atoms with Gasteiger partial charge >= 0.3 is 0 Å². The van der Waals surface area contributed by atoms with Crippen LogP contribution in [0.15, 0.2) is 41.0 Å². The van der Waals surface area contributed by atoms with Crippen LogP contribution in [0.2, 0.25) is 0 Å². The molecule has 0 radical (unpaired) electrons. The van der Waals surface area contributed by atoms with Crippen molar-refractivity contribution >= 4 is 18.3 Å². The number of halogens is 1. The van der Waals surface area contributed by atoms with Gasteiger partial charge in [-0.3, -0.25) is 4.79 Å². The normalized spacial score (nSPS) is 11.7. The Labute approximate surface area is 142 Å². The van der Waals surface area contributed by atoms with E-state index in [2.05, 4.69) is 5.32 Å². The first-order chi connectivity index (χ1) is 10.5. The fraction of sp³-hybridized carbons (Fsp3) is 0.353. The highest BCUT2D eigenvalue weighted by atomic mass is 35.5. The first kappa shape index (κ1) is 19.1. The molecule has 0 spiro atoms. The van der Waals surface area contributed by atoms with E-state index >= 15 is 0 Å². The molecule has 1 unspecified atom stereocenters. The number of carbonyl (C=O) groups is 1. The molecule has 2 aromatic rings. The molecule has 6 heteroatoms. The Hall–Kier alpha value is -1.98. The van der Waals surface area contributed by atoms with Crippen LogP contribution in [-0.2, 0) is 6.54 Å². The average molecular weight is 339 g/mol. The van der Waals surface area contributed by atoms with E-state index in [4.69, 9.17) is 14.9 Å². The Balaban J connectivity index is 0.00000264. The molecule has 1 aromatic heterocycles. The minimum absolute atomic E-state index is 0. The minimum Gasteiger partial charge on any atom is -0.491 e. The van der Waals surface area contributed by atoms with E-state index in [9.17, 15) is 4.79 Å². The lowest BCUT2D eigenvalue weighted by Gasteiger charge is -2.15. The smallest absolute Gasteiger partial charge is 0.255 e. The summed E-state index contributed by atoms with van der Waals surface area (Å²) in [4.78, 5) is 12.1. The monoisotopic (exact) mass is 338 g/mol. The van der Waals surface area contributed by atoms with E-state index in [0.717, 1.165) is 11.3 Å². The number of nitrogens with two attached hydrogens (primary N) is 1. The maximum absolute atomic E-state index is 12.1. The molecular weight excluding hydrogens is 316 g/mol. The van der Waals surface area contributed by atoms with Gasteiger partial charge in [0.1, 0.15) is 17.8 Å². The van der Waals surface area contributed by atoms with Crippen LogP contribution in [-0.4, -0.2) is 12.0 Å². The molecule has 126 valence electrons. The first-order valence-electron chi connectivity index (χ1n) is 7.34. The molecule has 0 saturated heterocycles. The molecule has 1 heterocycles. The molecule has 3 N–H and O–H groups in total. The van der Waals surface area contributed by atoms with Crippen LogP contribution in [0.4, 0.5) is 0 Å². The van der Waals surface area contributed by atoms with Gasteiger partial charge in [0.05, 0.1) is 24.3 Å². The first-order valence-corrected chi connectivity index (χ1v) is 7.34. The summed E-state index contributed by atoms with van der Waals surface area (Å²) in [6.07, 6.45) is 1.56. The topological polar surface area (TPSA) is 77.5 Å². The van der Waals surface area contributed by atoms with Crippen molar-refractivity contribution in [3.05, 3.63) is 53.5 Å². The van der Waals surface area contributed by atoms with Crippen LogP contribution < -0.4 is 15.8 Å². The second-order valence-corrected chi connectivity index (χ2v) is 5.44. The van der Waals surface area contributed by atoms with Gasteiger partial charge in [0.25, 0.3) is 5.91 Å². The summed E-state index contributed by atoms with van der Waals surface area (Å²) in [5.41, 5.74) is 6.95. The molecular formula is C17H23ClN2O3. The quantitative estimate of drug-likeness (QED) is 0.845. The molecule has 1 aromatic carbocycles. The van der Waals surface area contributed by atoms with Gasteiger partial charge in [-0.05, 0) is 44.5 Å². The van der Waals surface area contributed by atoms with Crippen LogP contribution in [0.25, 0.3) is 0 Å². The molecule has 5 nitrogen and oxygen atoms in total. The van der Waals surface area contributed by atoms with Gasteiger partial charge in [0.15, 0.2) is 0 Å². The number of hydrogen-bond acceptors (Lipinski definition) is 4. The summed E-state index contributed by atoms with van der Waals surface area (Å²) in [6, 6.07) is 9.25. The van der Waals surface area contributed by atoms with Crippen LogP contribution in [0, 0.1) is 0 Å². The molecule has 1 atom stereocenters. The molecule has 0 aliphatic heterocycles. The van der Waals surface area contributed by atoms with E-state index in [1.54, 1.807) is 6.07 Å². The molecule has 0 aliphatic carbocycles. The van der Waals surface area contributed by atoms with E-state index in [0.29, 0.717) is 11.3 Å². The van der Waals surface area contributed by atoms with Crippen molar-refractivity contribution < 1.29 is 13.9 Å². The maximum Gasteiger partial charge on any atom is 0.255 e. The van der Waals surface area contributed by atoms with E-state index < -0.39 is 0 Å². The molecule has 1 amide bonds. The molecule has 0 aliphatic rings. The van der Waals surface area contributed by atoms with Gasteiger partial charge in [-0.15, -0.1) is 12.4 Å². The summed E-state index contributed by atoms with van der Waals surface area (Å²) in [6.45, 7) is 6.18. The summed E-state index contributed by atoms with van der Waals surface area (Å²) >= 11 is 0. The predicted octanol–water partition coefficient (Wildman–Crippen LogP) is 3.44. The van der Waals surface area contributed by atoms with Crippen LogP contribution in [0.3, 0.4) is 0 Å². The Morgan fingerprint density at radius 3 is 2.43 bits per heavy atom. The third-order valence-corrected chi connectivity index (χ3v) is 3.22. The number of benzene rings is 1. The zero-order chi connectivity index (χ0) is 16.1. The Morgan fingerprint density at radius 2 is 1.91 bits per heavy atom. The number of hydrogen-bond donors (Lipinski definition) is 2. The Bertz CT molecular complexity index is 623. The maximum atomic E-state index is 12.1. The van der Waals surface area contributed by atoms with Crippen molar-refractivity contribution in [2.24, 2.45) is 5.73 Å². The largest absolute Gasteiger partial charge is 0.491 e. The summed E-state index contributed by atoms with van der Waals surface area (Å²) in [5.74, 6) is 1.23.